The molecular weight excluding hydrogens is 379 g/mol. The zero-order valence-electron chi connectivity index (χ0n) is 15.3. The Balaban J connectivity index is 1.69. The summed E-state index contributed by atoms with van der Waals surface area (Å²) in [7, 11) is -3.70. The molecule has 0 spiro atoms. The first-order valence-electron chi connectivity index (χ1n) is 8.89. The maximum absolute atomic E-state index is 13.0. The molecule has 1 aliphatic rings. The minimum Gasteiger partial charge on any atom is -0.325 e. The molecule has 0 bridgehead atoms. The number of amides is 1. The summed E-state index contributed by atoms with van der Waals surface area (Å²) < 4.78 is 39.1. The molecule has 28 heavy (non-hydrogen) atoms. The van der Waals surface area contributed by atoms with Crippen LogP contribution < -0.4 is 9.62 Å². The van der Waals surface area contributed by atoms with Crippen molar-refractivity contribution in [1.29, 1.82) is 0 Å². The zero-order valence-corrected chi connectivity index (χ0v) is 16.1. The predicted molar refractivity (Wildman–Crippen MR) is 109 cm³/mol. The van der Waals surface area contributed by atoms with Crippen LogP contribution in [0.2, 0.25) is 0 Å². The highest BCUT2D eigenvalue weighted by atomic mass is 32.2. The van der Waals surface area contributed by atoms with Crippen molar-refractivity contribution >= 4 is 38.1 Å². The Morgan fingerprint density at radius 2 is 1.71 bits per heavy atom. The van der Waals surface area contributed by atoms with Gasteiger partial charge in [-0.3, -0.25) is 9.10 Å². The fraction of sp³-hybridized carbons (Fsp3) is 0.190. The second-order valence-electron chi connectivity index (χ2n) is 6.91. The van der Waals surface area contributed by atoms with E-state index in [9.17, 15) is 17.6 Å². The summed E-state index contributed by atoms with van der Waals surface area (Å²) in [5, 5.41) is 4.52. The fourth-order valence-electron chi connectivity index (χ4n) is 3.69. The van der Waals surface area contributed by atoms with Crippen LogP contribution in [0.25, 0.3) is 10.8 Å². The number of rotatable bonds is 5. The molecule has 5 nitrogen and oxygen atoms in total. The minimum absolute atomic E-state index is 0.366. The molecule has 4 rings (SSSR count). The number of hydrogen-bond donors (Lipinski definition) is 1. The number of hydrogen-bond acceptors (Lipinski definition) is 3. The van der Waals surface area contributed by atoms with Crippen LogP contribution in [0.1, 0.15) is 11.1 Å². The van der Waals surface area contributed by atoms with E-state index in [-0.39, 0.29) is 6.54 Å². The van der Waals surface area contributed by atoms with Crippen molar-refractivity contribution in [2.24, 2.45) is 0 Å². The van der Waals surface area contributed by atoms with Crippen LogP contribution >= 0.6 is 0 Å². The van der Waals surface area contributed by atoms with Crippen LogP contribution in [0.15, 0.2) is 54.6 Å². The van der Waals surface area contributed by atoms with Crippen LogP contribution in [0, 0.1) is 5.82 Å². The average Bonchev–Trinajstić information content (AvgIpc) is 3.07. The summed E-state index contributed by atoms with van der Waals surface area (Å²) in [6, 6.07) is 14.9. The van der Waals surface area contributed by atoms with Crippen molar-refractivity contribution in [1.82, 2.24) is 0 Å². The number of carbonyl (C=O) groups is 1. The van der Waals surface area contributed by atoms with E-state index in [0.29, 0.717) is 11.4 Å². The van der Waals surface area contributed by atoms with E-state index >= 15 is 0 Å². The van der Waals surface area contributed by atoms with Gasteiger partial charge in [0.2, 0.25) is 15.9 Å². The van der Waals surface area contributed by atoms with Gasteiger partial charge in [0.1, 0.15) is 12.4 Å². The highest BCUT2D eigenvalue weighted by Crippen LogP contribution is 2.37. The SMILES string of the molecule is CS(=O)(=O)N(CC(=O)Nc1ccc(F)cc1)c1ccc2c3c(cccc13)CC2. The van der Waals surface area contributed by atoms with Crippen LogP contribution in [-0.2, 0) is 27.7 Å². The van der Waals surface area contributed by atoms with Gasteiger partial charge in [-0.2, -0.15) is 0 Å². The Labute approximate surface area is 162 Å². The third-order valence-corrected chi connectivity index (χ3v) is 6.06. The lowest BCUT2D eigenvalue weighted by Gasteiger charge is -2.24. The Bertz CT molecular complexity index is 1160. The van der Waals surface area contributed by atoms with E-state index in [1.54, 1.807) is 6.07 Å². The van der Waals surface area contributed by atoms with Crippen LogP contribution in [0.4, 0.5) is 15.8 Å². The Hall–Kier alpha value is -2.93. The monoisotopic (exact) mass is 398 g/mol. The highest BCUT2D eigenvalue weighted by Gasteiger charge is 2.25. The van der Waals surface area contributed by atoms with E-state index in [2.05, 4.69) is 11.4 Å². The number of carbonyl (C=O) groups excluding carboxylic acids is 1. The van der Waals surface area contributed by atoms with E-state index in [4.69, 9.17) is 0 Å². The zero-order chi connectivity index (χ0) is 19.9. The molecule has 0 saturated heterocycles. The molecule has 1 N–H and O–H groups in total. The van der Waals surface area contributed by atoms with Gasteiger partial charge in [0.25, 0.3) is 0 Å². The van der Waals surface area contributed by atoms with Gasteiger partial charge < -0.3 is 5.32 Å². The van der Waals surface area contributed by atoms with Gasteiger partial charge in [0, 0.05) is 11.1 Å². The Morgan fingerprint density at radius 3 is 2.39 bits per heavy atom. The Morgan fingerprint density at radius 1 is 1.04 bits per heavy atom. The molecule has 1 amide bonds. The lowest BCUT2D eigenvalue weighted by atomic mass is 10.0. The number of nitrogens with one attached hydrogen (secondary N) is 1. The van der Waals surface area contributed by atoms with Crippen LogP contribution in [-0.4, -0.2) is 27.1 Å². The molecule has 1 aliphatic carbocycles. The number of halogens is 1. The van der Waals surface area contributed by atoms with Gasteiger partial charge in [0.05, 0.1) is 11.9 Å². The lowest BCUT2D eigenvalue weighted by molar-refractivity contribution is -0.114. The smallest absolute Gasteiger partial charge is 0.245 e. The first kappa shape index (κ1) is 18.4. The first-order chi connectivity index (χ1) is 13.3. The van der Waals surface area contributed by atoms with Crippen molar-refractivity contribution in [2.75, 3.05) is 22.4 Å². The summed E-state index contributed by atoms with van der Waals surface area (Å²) in [6.45, 7) is -0.366. The van der Waals surface area contributed by atoms with E-state index < -0.39 is 21.7 Å². The maximum Gasteiger partial charge on any atom is 0.245 e. The summed E-state index contributed by atoms with van der Waals surface area (Å²) in [5.74, 6) is -0.913. The first-order valence-corrected chi connectivity index (χ1v) is 10.7. The van der Waals surface area contributed by atoms with Crippen LogP contribution in [0.3, 0.4) is 0 Å². The normalized spacial score (nSPS) is 12.9. The third kappa shape index (κ3) is 3.45. The molecule has 3 aromatic rings. The average molecular weight is 398 g/mol. The summed E-state index contributed by atoms with van der Waals surface area (Å²) >= 11 is 0. The maximum atomic E-state index is 13.0. The largest absolute Gasteiger partial charge is 0.325 e. The minimum atomic E-state index is -3.70. The number of nitrogens with zero attached hydrogens (tertiary/aromatic N) is 1. The van der Waals surface area contributed by atoms with Gasteiger partial charge >= 0.3 is 0 Å². The highest BCUT2D eigenvalue weighted by molar-refractivity contribution is 7.92. The van der Waals surface area contributed by atoms with Crippen molar-refractivity contribution in [3.63, 3.8) is 0 Å². The molecule has 0 saturated carbocycles. The topological polar surface area (TPSA) is 66.5 Å². The molecule has 0 radical (unpaired) electrons. The lowest BCUT2D eigenvalue weighted by Crippen LogP contribution is -2.37. The molecular formula is C21H19FN2O3S. The van der Waals surface area contributed by atoms with Crippen molar-refractivity contribution in [3.05, 3.63) is 71.5 Å². The molecule has 0 heterocycles. The molecule has 0 aromatic heterocycles. The number of sulfonamides is 1. The van der Waals surface area contributed by atoms with Gasteiger partial charge in [-0.1, -0.05) is 24.3 Å². The van der Waals surface area contributed by atoms with Gasteiger partial charge in [0.15, 0.2) is 0 Å². The number of aryl methyl sites for hydroxylation is 2. The number of anilines is 2. The predicted octanol–water partition coefficient (Wildman–Crippen LogP) is 3.48. The molecule has 3 aromatic carbocycles. The van der Waals surface area contributed by atoms with E-state index in [1.807, 2.05) is 18.2 Å². The van der Waals surface area contributed by atoms with Gasteiger partial charge in [-0.05, 0) is 59.7 Å². The summed E-state index contributed by atoms with van der Waals surface area (Å²) in [4.78, 5) is 12.5. The van der Waals surface area contributed by atoms with Gasteiger partial charge in [-0.15, -0.1) is 0 Å². The molecule has 144 valence electrons. The van der Waals surface area contributed by atoms with E-state index in [1.165, 1.54) is 35.4 Å². The van der Waals surface area contributed by atoms with Crippen molar-refractivity contribution in [3.8, 4) is 0 Å². The molecule has 0 aliphatic heterocycles. The Kier molecular flexibility index (Phi) is 4.55. The van der Waals surface area contributed by atoms with Gasteiger partial charge in [-0.25, -0.2) is 12.8 Å². The summed E-state index contributed by atoms with van der Waals surface area (Å²) in [5.41, 5.74) is 3.27. The standard InChI is InChI=1S/C21H19FN2O3S/c1-28(26,27)24(13-20(25)23-17-10-8-16(22)9-11-17)19-12-7-15-6-5-14-3-2-4-18(19)21(14)15/h2-4,7-12H,5-6,13H2,1H3,(H,23,25). The molecule has 0 atom stereocenters. The van der Waals surface area contributed by atoms with Crippen molar-refractivity contribution in [2.45, 2.75) is 12.8 Å². The fourth-order valence-corrected chi connectivity index (χ4v) is 4.56. The van der Waals surface area contributed by atoms with Crippen LogP contribution in [0.5, 0.6) is 0 Å². The summed E-state index contributed by atoms with van der Waals surface area (Å²) in [6.07, 6.45) is 2.95. The van der Waals surface area contributed by atoms with E-state index in [0.717, 1.165) is 34.2 Å². The number of benzene rings is 3. The molecule has 0 unspecified atom stereocenters. The van der Waals surface area contributed by atoms with Crippen molar-refractivity contribution < 1.29 is 17.6 Å². The second kappa shape index (κ2) is 6.91. The quantitative estimate of drug-likeness (QED) is 0.716. The third-order valence-electron chi connectivity index (χ3n) is 4.94. The molecule has 7 heteroatoms. The second-order valence-corrected chi connectivity index (χ2v) is 8.82. The molecule has 0 fully saturated rings.